The van der Waals surface area contributed by atoms with Crippen LogP contribution in [0.3, 0.4) is 0 Å². The zero-order valence-electron chi connectivity index (χ0n) is 16.4. The van der Waals surface area contributed by atoms with Crippen LogP contribution >= 0.6 is 0 Å². The first kappa shape index (κ1) is 20.2. The number of anilines is 1. The molecule has 1 heterocycles. The summed E-state index contributed by atoms with van der Waals surface area (Å²) in [4.78, 5) is 0. The molecule has 0 unspecified atom stereocenters. The summed E-state index contributed by atoms with van der Waals surface area (Å²) < 4.78 is 44.0. The van der Waals surface area contributed by atoms with E-state index in [2.05, 4.69) is 22.4 Å². The van der Waals surface area contributed by atoms with E-state index < -0.39 is 17.5 Å². The number of aromatic hydroxyl groups is 1. The molecule has 0 saturated heterocycles. The molecule has 2 N–H and O–H groups in total. The fraction of sp³-hybridized carbons (Fsp3) is 0.273. The topological polar surface area (TPSA) is 67.3 Å². The normalized spacial score (nSPS) is 20.6. The highest BCUT2D eigenvalue weighted by atomic mass is 19.3. The van der Waals surface area contributed by atoms with Gasteiger partial charge in [-0.1, -0.05) is 30.3 Å². The molecule has 0 spiro atoms. The first-order valence-corrected chi connectivity index (χ1v) is 9.43. The first-order chi connectivity index (χ1) is 14.3. The lowest BCUT2D eigenvalue weighted by molar-refractivity contribution is -0.0625. The highest BCUT2D eigenvalue weighted by Crippen LogP contribution is 2.39. The second kappa shape index (κ2) is 7.60. The van der Waals surface area contributed by atoms with Crippen molar-refractivity contribution >= 4 is 22.4 Å². The van der Waals surface area contributed by atoms with Crippen LogP contribution in [0.25, 0.3) is 27.9 Å². The minimum absolute atomic E-state index is 0.142. The van der Waals surface area contributed by atoms with Gasteiger partial charge in [0.1, 0.15) is 11.4 Å². The van der Waals surface area contributed by atoms with E-state index in [9.17, 15) is 18.3 Å². The number of nitrogens with one attached hydrogen (secondary N) is 1. The predicted molar refractivity (Wildman–Crippen MR) is 109 cm³/mol. The van der Waals surface area contributed by atoms with Crippen LogP contribution in [0.1, 0.15) is 25.3 Å². The van der Waals surface area contributed by atoms with Gasteiger partial charge in [0.25, 0.3) is 0 Å². The molecule has 156 valence electrons. The fourth-order valence-corrected chi connectivity index (χ4v) is 3.83. The number of fused-ring (bicyclic) bond motifs is 1. The monoisotopic (exact) mass is 415 g/mol. The summed E-state index contributed by atoms with van der Waals surface area (Å²) in [5.74, 6) is -1.42. The quantitative estimate of drug-likeness (QED) is 0.575. The highest BCUT2D eigenvalue weighted by molar-refractivity contribution is 6.01. The van der Waals surface area contributed by atoms with Gasteiger partial charge in [0.05, 0.1) is 5.60 Å². The zero-order chi connectivity index (χ0) is 21.5. The number of rotatable bonds is 5. The smallest absolute Gasteiger partial charge is 0.306 e. The van der Waals surface area contributed by atoms with Crippen molar-refractivity contribution in [2.75, 3.05) is 12.4 Å². The minimum atomic E-state index is -2.44. The van der Waals surface area contributed by atoms with Gasteiger partial charge in [-0.25, -0.2) is 4.39 Å². The lowest BCUT2D eigenvalue weighted by atomic mass is 9.77. The number of hydrogen-bond donors (Lipinski definition) is 2. The van der Waals surface area contributed by atoms with Crippen molar-refractivity contribution in [2.45, 2.75) is 31.4 Å². The lowest BCUT2D eigenvalue weighted by Gasteiger charge is -2.44. The maximum absolute atomic E-state index is 13.5. The number of aromatic nitrogens is 2. The van der Waals surface area contributed by atoms with Crippen molar-refractivity contribution in [3.63, 3.8) is 0 Å². The number of benzene rings is 2. The Balaban J connectivity index is 1.71. The van der Waals surface area contributed by atoms with Gasteiger partial charge in [0.15, 0.2) is 11.6 Å². The number of methoxy groups -OCH3 is 1. The molecule has 4 rings (SSSR count). The number of halogens is 3. The molecule has 3 aromatic rings. The van der Waals surface area contributed by atoms with Gasteiger partial charge >= 0.3 is 6.08 Å². The Morgan fingerprint density at radius 1 is 1.10 bits per heavy atom. The molecule has 0 radical (unpaired) electrons. The van der Waals surface area contributed by atoms with Crippen molar-refractivity contribution in [1.29, 1.82) is 0 Å². The molecule has 0 aliphatic heterocycles. The van der Waals surface area contributed by atoms with Gasteiger partial charge in [0.2, 0.25) is 0 Å². The van der Waals surface area contributed by atoms with E-state index in [1.165, 1.54) is 12.1 Å². The second-order valence-electron chi connectivity index (χ2n) is 7.65. The SMILES string of the molecule is COC1(C)CC(Nc2nnc(-c3ccc(C(F)=C(F)F)cc3O)c3ccccc23)C1. The summed E-state index contributed by atoms with van der Waals surface area (Å²) in [6, 6.07) is 11.1. The van der Waals surface area contributed by atoms with Gasteiger partial charge in [-0.05, 0) is 31.9 Å². The molecule has 1 aliphatic rings. The average Bonchev–Trinajstić information content (AvgIpc) is 2.72. The van der Waals surface area contributed by atoms with E-state index in [4.69, 9.17) is 4.74 Å². The van der Waals surface area contributed by atoms with Crippen LogP contribution in [0.15, 0.2) is 48.5 Å². The third-order valence-corrected chi connectivity index (χ3v) is 5.55. The van der Waals surface area contributed by atoms with Crippen LogP contribution < -0.4 is 5.32 Å². The van der Waals surface area contributed by atoms with Gasteiger partial charge in [-0.3, -0.25) is 0 Å². The molecule has 8 heteroatoms. The average molecular weight is 415 g/mol. The standard InChI is InChI=1S/C22H20F3N3O2/c1-22(30-2)10-13(11-22)26-21-15-6-4-3-5-14(15)19(27-28-21)16-8-7-12(9-17(16)29)18(23)20(24)25/h3-9,13,29H,10-11H2,1-2H3,(H,26,28). The highest BCUT2D eigenvalue weighted by Gasteiger charge is 2.40. The number of phenols is 1. The van der Waals surface area contributed by atoms with Crippen molar-refractivity contribution in [1.82, 2.24) is 10.2 Å². The third kappa shape index (κ3) is 3.59. The van der Waals surface area contributed by atoms with E-state index in [0.29, 0.717) is 11.5 Å². The molecule has 1 aliphatic carbocycles. The number of ether oxygens (including phenoxy) is 1. The molecule has 30 heavy (non-hydrogen) atoms. The maximum Gasteiger partial charge on any atom is 0.306 e. The summed E-state index contributed by atoms with van der Waals surface area (Å²) in [6.07, 6.45) is -0.759. The van der Waals surface area contributed by atoms with Crippen molar-refractivity contribution < 1.29 is 23.0 Å². The third-order valence-electron chi connectivity index (χ3n) is 5.55. The molecular weight excluding hydrogens is 395 g/mol. The minimum Gasteiger partial charge on any atom is -0.507 e. The van der Waals surface area contributed by atoms with Crippen LogP contribution in [0.4, 0.5) is 19.0 Å². The molecule has 0 amide bonds. The predicted octanol–water partition coefficient (Wildman–Crippen LogP) is 5.52. The van der Waals surface area contributed by atoms with Crippen molar-refractivity contribution in [3.05, 3.63) is 54.1 Å². The second-order valence-corrected chi connectivity index (χ2v) is 7.65. The summed E-state index contributed by atoms with van der Waals surface area (Å²) in [6.45, 7) is 2.05. The first-order valence-electron chi connectivity index (χ1n) is 9.43. The van der Waals surface area contributed by atoms with Gasteiger partial charge in [-0.15, -0.1) is 10.2 Å². The Kier molecular flexibility index (Phi) is 5.11. The Morgan fingerprint density at radius 2 is 1.80 bits per heavy atom. The summed E-state index contributed by atoms with van der Waals surface area (Å²) in [5.41, 5.74) is 0.104. The summed E-state index contributed by atoms with van der Waals surface area (Å²) in [7, 11) is 1.70. The van der Waals surface area contributed by atoms with Crippen LogP contribution in [0.5, 0.6) is 5.75 Å². The van der Waals surface area contributed by atoms with Crippen LogP contribution in [0.2, 0.25) is 0 Å². The van der Waals surface area contributed by atoms with Crippen molar-refractivity contribution in [3.8, 4) is 17.0 Å². The molecular formula is C22H20F3N3O2. The molecule has 1 saturated carbocycles. The van der Waals surface area contributed by atoms with Gasteiger partial charge < -0.3 is 15.2 Å². The number of hydrogen-bond acceptors (Lipinski definition) is 5. The van der Waals surface area contributed by atoms with E-state index in [1.54, 1.807) is 7.11 Å². The van der Waals surface area contributed by atoms with Gasteiger partial charge in [0, 0.05) is 35.1 Å². The Bertz CT molecular complexity index is 1140. The molecule has 1 fully saturated rings. The zero-order valence-corrected chi connectivity index (χ0v) is 16.4. The molecule has 5 nitrogen and oxygen atoms in total. The molecule has 0 atom stereocenters. The van der Waals surface area contributed by atoms with E-state index in [0.717, 1.165) is 29.7 Å². The van der Waals surface area contributed by atoms with Crippen LogP contribution in [-0.4, -0.2) is 34.1 Å². The Morgan fingerprint density at radius 3 is 2.43 bits per heavy atom. The van der Waals surface area contributed by atoms with Gasteiger partial charge in [-0.2, -0.15) is 8.78 Å². The molecule has 1 aromatic heterocycles. The Labute approximate surface area is 171 Å². The molecule has 2 aromatic carbocycles. The Hall–Kier alpha value is -3.13. The largest absolute Gasteiger partial charge is 0.507 e. The van der Waals surface area contributed by atoms with Crippen LogP contribution in [-0.2, 0) is 4.74 Å². The lowest BCUT2D eigenvalue weighted by Crippen LogP contribution is -2.49. The van der Waals surface area contributed by atoms with E-state index in [1.807, 2.05) is 24.3 Å². The number of nitrogens with zero attached hydrogens (tertiary/aromatic N) is 2. The maximum atomic E-state index is 13.5. The fourth-order valence-electron chi connectivity index (χ4n) is 3.83. The summed E-state index contributed by atoms with van der Waals surface area (Å²) in [5, 5.41) is 23.8. The van der Waals surface area contributed by atoms with Crippen LogP contribution in [0, 0.1) is 0 Å². The van der Waals surface area contributed by atoms with E-state index in [-0.39, 0.29) is 23.0 Å². The molecule has 0 bridgehead atoms. The van der Waals surface area contributed by atoms with E-state index >= 15 is 0 Å². The van der Waals surface area contributed by atoms with Crippen molar-refractivity contribution in [2.24, 2.45) is 0 Å². The number of phenolic OH excluding ortho intramolecular Hbond substituents is 1. The summed E-state index contributed by atoms with van der Waals surface area (Å²) >= 11 is 0.